The third-order valence-corrected chi connectivity index (χ3v) is 1.37. The zero-order valence-corrected chi connectivity index (χ0v) is 6.92. The first-order valence-corrected chi connectivity index (χ1v) is 3.47. The van der Waals surface area contributed by atoms with Gasteiger partial charge in [0.15, 0.2) is 5.85 Å². The normalized spacial score (nSPS) is 12.0. The lowest BCUT2D eigenvalue weighted by Crippen LogP contribution is -2.57. The molecule has 0 radical (unpaired) electrons. The van der Waals surface area contributed by atoms with E-state index in [2.05, 4.69) is 10.6 Å². The van der Waals surface area contributed by atoms with Gasteiger partial charge < -0.3 is 14.9 Å². The van der Waals surface area contributed by atoms with Crippen molar-refractivity contribution in [2.75, 3.05) is 33.9 Å². The molecule has 0 aliphatic heterocycles. The van der Waals surface area contributed by atoms with Crippen molar-refractivity contribution in [3.8, 4) is 0 Å². The second kappa shape index (κ2) is 5.45. The van der Waals surface area contributed by atoms with Crippen molar-refractivity contribution in [2.24, 2.45) is 0 Å². The molecule has 0 aliphatic rings. The Kier molecular flexibility index (Phi) is 5.35. The molecular formula is C6H16N2O3. The summed E-state index contributed by atoms with van der Waals surface area (Å²) < 4.78 is 4.90. The van der Waals surface area contributed by atoms with Crippen LogP contribution in [-0.2, 0) is 4.74 Å². The predicted molar refractivity (Wildman–Crippen MR) is 41.0 cm³/mol. The molecule has 5 nitrogen and oxygen atoms in total. The molecule has 0 heterocycles. The molecule has 5 heteroatoms. The van der Waals surface area contributed by atoms with E-state index >= 15 is 0 Å². The summed E-state index contributed by atoms with van der Waals surface area (Å²) in [7, 11) is 3.22. The van der Waals surface area contributed by atoms with Gasteiger partial charge in [0.2, 0.25) is 0 Å². The Bertz CT molecular complexity index is 95.8. The quantitative estimate of drug-likeness (QED) is 0.272. The monoisotopic (exact) mass is 164 g/mol. The molecule has 0 rings (SSSR count). The van der Waals surface area contributed by atoms with Crippen LogP contribution in [0.2, 0.25) is 0 Å². The van der Waals surface area contributed by atoms with Crippen LogP contribution >= 0.6 is 0 Å². The number of hydrogen-bond acceptors (Lipinski definition) is 5. The molecular weight excluding hydrogens is 148 g/mol. The summed E-state index contributed by atoms with van der Waals surface area (Å²) in [6, 6.07) is 0. The van der Waals surface area contributed by atoms with E-state index in [1.54, 1.807) is 14.1 Å². The second-order valence-electron chi connectivity index (χ2n) is 2.14. The van der Waals surface area contributed by atoms with E-state index < -0.39 is 5.85 Å². The van der Waals surface area contributed by atoms with Crippen molar-refractivity contribution in [2.45, 2.75) is 5.85 Å². The third-order valence-electron chi connectivity index (χ3n) is 1.37. The molecule has 0 aromatic rings. The van der Waals surface area contributed by atoms with Crippen molar-refractivity contribution in [3.63, 3.8) is 0 Å². The Morgan fingerprint density at radius 2 is 1.91 bits per heavy atom. The fraction of sp³-hybridized carbons (Fsp3) is 1.00. The first kappa shape index (κ1) is 10.8. The first-order valence-electron chi connectivity index (χ1n) is 3.47. The molecule has 0 spiro atoms. The Morgan fingerprint density at radius 3 is 2.27 bits per heavy atom. The number of nitrogens with one attached hydrogen (secondary N) is 2. The van der Waals surface area contributed by atoms with Crippen LogP contribution in [0.5, 0.6) is 0 Å². The summed E-state index contributed by atoms with van der Waals surface area (Å²) in [5.74, 6) is -1.20. The Morgan fingerprint density at radius 1 is 1.36 bits per heavy atom. The van der Waals surface area contributed by atoms with E-state index in [0.717, 1.165) is 0 Å². The van der Waals surface area contributed by atoms with E-state index in [9.17, 15) is 5.11 Å². The van der Waals surface area contributed by atoms with Crippen molar-refractivity contribution >= 4 is 0 Å². The lowest BCUT2D eigenvalue weighted by Gasteiger charge is -2.26. The van der Waals surface area contributed by atoms with Gasteiger partial charge in [0, 0.05) is 0 Å². The molecule has 68 valence electrons. The zero-order valence-electron chi connectivity index (χ0n) is 6.92. The van der Waals surface area contributed by atoms with Crippen LogP contribution in [0.25, 0.3) is 0 Å². The maximum absolute atomic E-state index is 9.43. The minimum atomic E-state index is -1.20. The SMILES string of the molecule is CNC(O)(COCCO)NC. The predicted octanol–water partition coefficient (Wildman–Crippen LogP) is -1.92. The smallest absolute Gasteiger partial charge is 0.195 e. The van der Waals surface area contributed by atoms with Gasteiger partial charge in [-0.2, -0.15) is 0 Å². The lowest BCUT2D eigenvalue weighted by molar-refractivity contribution is -0.0877. The summed E-state index contributed by atoms with van der Waals surface area (Å²) in [5, 5.41) is 23.0. The maximum Gasteiger partial charge on any atom is 0.195 e. The number of aliphatic hydroxyl groups is 2. The van der Waals surface area contributed by atoms with Gasteiger partial charge in [-0.1, -0.05) is 0 Å². The molecule has 0 amide bonds. The molecule has 0 aromatic heterocycles. The van der Waals surface area contributed by atoms with Gasteiger partial charge in [0.25, 0.3) is 0 Å². The molecule has 0 atom stereocenters. The number of aliphatic hydroxyl groups excluding tert-OH is 1. The topological polar surface area (TPSA) is 73.8 Å². The first-order chi connectivity index (χ1) is 5.18. The molecule has 0 aliphatic carbocycles. The number of rotatable bonds is 6. The van der Waals surface area contributed by atoms with E-state index in [-0.39, 0.29) is 19.8 Å². The van der Waals surface area contributed by atoms with Gasteiger partial charge in [-0.25, -0.2) is 0 Å². The van der Waals surface area contributed by atoms with E-state index in [1.165, 1.54) is 0 Å². The molecule has 0 bridgehead atoms. The van der Waals surface area contributed by atoms with Crippen LogP contribution in [0.15, 0.2) is 0 Å². The van der Waals surface area contributed by atoms with Crippen LogP contribution in [0, 0.1) is 0 Å². The van der Waals surface area contributed by atoms with E-state index in [4.69, 9.17) is 9.84 Å². The lowest BCUT2D eigenvalue weighted by atomic mass is 10.4. The summed E-state index contributed by atoms with van der Waals surface area (Å²) in [6.07, 6.45) is 0. The van der Waals surface area contributed by atoms with Gasteiger partial charge >= 0.3 is 0 Å². The minimum Gasteiger partial charge on any atom is -0.394 e. The Labute approximate surface area is 66.4 Å². The Balaban J connectivity index is 3.51. The van der Waals surface area contributed by atoms with Crippen LogP contribution in [-0.4, -0.2) is 50.0 Å². The molecule has 0 aromatic carbocycles. The summed E-state index contributed by atoms with van der Waals surface area (Å²) in [6.45, 7) is 0.287. The molecule has 0 unspecified atom stereocenters. The average Bonchev–Trinajstić information content (AvgIpc) is 2.05. The second-order valence-corrected chi connectivity index (χ2v) is 2.14. The standard InChI is InChI=1S/C6H16N2O3/c1-7-6(10,8-2)5-11-4-3-9/h7-10H,3-5H2,1-2H3. The highest BCUT2D eigenvalue weighted by molar-refractivity contribution is 4.66. The van der Waals surface area contributed by atoms with Crippen molar-refractivity contribution < 1.29 is 14.9 Å². The highest BCUT2D eigenvalue weighted by atomic mass is 16.5. The Hall–Kier alpha value is -0.200. The van der Waals surface area contributed by atoms with Gasteiger partial charge in [-0.3, -0.25) is 10.6 Å². The van der Waals surface area contributed by atoms with E-state index in [0.29, 0.717) is 0 Å². The van der Waals surface area contributed by atoms with Crippen LogP contribution < -0.4 is 10.6 Å². The molecule has 0 saturated carbocycles. The van der Waals surface area contributed by atoms with Crippen molar-refractivity contribution in [1.29, 1.82) is 0 Å². The summed E-state index contributed by atoms with van der Waals surface area (Å²) in [5.41, 5.74) is 0. The van der Waals surface area contributed by atoms with Crippen LogP contribution in [0.1, 0.15) is 0 Å². The van der Waals surface area contributed by atoms with Crippen molar-refractivity contribution in [1.82, 2.24) is 10.6 Å². The van der Waals surface area contributed by atoms with Crippen LogP contribution in [0.3, 0.4) is 0 Å². The maximum atomic E-state index is 9.43. The fourth-order valence-corrected chi connectivity index (χ4v) is 0.554. The largest absolute Gasteiger partial charge is 0.394 e. The van der Waals surface area contributed by atoms with Crippen molar-refractivity contribution in [3.05, 3.63) is 0 Å². The number of hydrogen-bond donors (Lipinski definition) is 4. The molecule has 11 heavy (non-hydrogen) atoms. The van der Waals surface area contributed by atoms with E-state index in [1.807, 2.05) is 0 Å². The number of likely N-dealkylation sites (N-methyl/N-ethyl adjacent to an activating group) is 2. The van der Waals surface area contributed by atoms with Crippen LogP contribution in [0.4, 0.5) is 0 Å². The van der Waals surface area contributed by atoms with Gasteiger partial charge in [-0.15, -0.1) is 0 Å². The highest BCUT2D eigenvalue weighted by Gasteiger charge is 2.21. The molecule has 4 N–H and O–H groups in total. The summed E-state index contributed by atoms with van der Waals surface area (Å²) >= 11 is 0. The number of ether oxygens (including phenoxy) is 1. The average molecular weight is 164 g/mol. The minimum absolute atomic E-state index is 0.0382. The summed E-state index contributed by atoms with van der Waals surface area (Å²) in [4.78, 5) is 0. The van der Waals surface area contributed by atoms with Gasteiger partial charge in [-0.05, 0) is 14.1 Å². The molecule has 0 saturated heterocycles. The van der Waals surface area contributed by atoms with Gasteiger partial charge in [0.05, 0.1) is 13.2 Å². The third kappa shape index (κ3) is 4.28. The van der Waals surface area contributed by atoms with Gasteiger partial charge in [0.1, 0.15) is 6.61 Å². The molecule has 0 fully saturated rings. The highest BCUT2D eigenvalue weighted by Crippen LogP contribution is 1.92. The zero-order chi connectivity index (χ0) is 8.74. The fourth-order valence-electron chi connectivity index (χ4n) is 0.554.